The van der Waals surface area contributed by atoms with E-state index < -0.39 is 5.69 Å². The topological polar surface area (TPSA) is 101 Å². The zero-order valence-electron chi connectivity index (χ0n) is 16.6. The zero-order chi connectivity index (χ0) is 20.6. The van der Waals surface area contributed by atoms with Crippen LogP contribution in [0.3, 0.4) is 0 Å². The number of nitrogens with zero attached hydrogens (tertiary/aromatic N) is 3. The van der Waals surface area contributed by atoms with E-state index in [4.69, 9.17) is 9.47 Å². The van der Waals surface area contributed by atoms with Crippen molar-refractivity contribution in [2.75, 3.05) is 12.0 Å². The molecule has 0 bridgehead atoms. The molecule has 0 radical (unpaired) electrons. The zero-order valence-corrected chi connectivity index (χ0v) is 16.6. The third-order valence-electron chi connectivity index (χ3n) is 4.17. The third-order valence-corrected chi connectivity index (χ3v) is 4.17. The molecule has 0 aliphatic rings. The fourth-order valence-electron chi connectivity index (χ4n) is 2.59. The maximum absolute atomic E-state index is 11.3. The Morgan fingerprint density at radius 2 is 1.97 bits per heavy atom. The molecule has 0 spiro atoms. The van der Waals surface area contributed by atoms with Gasteiger partial charge in [0.15, 0.2) is 17.3 Å². The molecular formula is C21H23N5O3. The van der Waals surface area contributed by atoms with Crippen molar-refractivity contribution in [1.29, 1.82) is 0 Å². The minimum Gasteiger partial charge on any atom is -0.490 e. The molecule has 29 heavy (non-hydrogen) atoms. The summed E-state index contributed by atoms with van der Waals surface area (Å²) in [6, 6.07) is 13.7. The molecule has 0 saturated heterocycles. The fourth-order valence-corrected chi connectivity index (χ4v) is 2.59. The van der Waals surface area contributed by atoms with E-state index in [2.05, 4.69) is 38.7 Å². The number of ether oxygens (including phenoxy) is 2. The Kier molecular flexibility index (Phi) is 6.57. The molecule has 1 aromatic heterocycles. The van der Waals surface area contributed by atoms with Crippen LogP contribution >= 0.6 is 0 Å². The Morgan fingerprint density at radius 1 is 1.14 bits per heavy atom. The van der Waals surface area contributed by atoms with Gasteiger partial charge in [0.2, 0.25) is 0 Å². The molecule has 3 aromatic rings. The lowest BCUT2D eigenvalue weighted by Crippen LogP contribution is -2.15. The molecule has 0 unspecified atom stereocenters. The Labute approximate surface area is 168 Å². The van der Waals surface area contributed by atoms with Crippen LogP contribution in [0.5, 0.6) is 11.5 Å². The highest BCUT2D eigenvalue weighted by Crippen LogP contribution is 2.29. The predicted molar refractivity (Wildman–Crippen MR) is 112 cm³/mol. The molecule has 8 heteroatoms. The van der Waals surface area contributed by atoms with Gasteiger partial charge in [-0.25, -0.2) is 9.89 Å². The number of benzene rings is 2. The van der Waals surface area contributed by atoms with Crippen LogP contribution in [0.25, 0.3) is 0 Å². The number of aromatic nitrogens is 3. The maximum Gasteiger partial charge on any atom is 0.363 e. The minimum absolute atomic E-state index is 0.299. The highest BCUT2D eigenvalue weighted by atomic mass is 16.5. The minimum atomic E-state index is -0.540. The molecular weight excluding hydrogens is 370 g/mol. The van der Waals surface area contributed by atoms with E-state index in [9.17, 15) is 4.79 Å². The van der Waals surface area contributed by atoms with Crippen LogP contribution in [0.2, 0.25) is 0 Å². The molecule has 1 heterocycles. The Bertz CT molecular complexity index is 1060. The smallest absolute Gasteiger partial charge is 0.363 e. The average molecular weight is 393 g/mol. The largest absolute Gasteiger partial charge is 0.490 e. The van der Waals surface area contributed by atoms with Crippen molar-refractivity contribution < 1.29 is 9.47 Å². The molecule has 2 N–H and O–H groups in total. The standard InChI is InChI=1S/C21H23N5O3/c1-4-28-19-11-16(12-22-25-20-15(3)24-26-21(27)23-20)9-10-18(19)29-13-17-8-6-5-7-14(17)2/h5-12H,4,13H2,1-3H3,(H2,23,25,26,27). The SMILES string of the molecule is CCOc1cc(C=NNc2nc(=O)[nH]nc2C)ccc1OCc1ccccc1C. The summed E-state index contributed by atoms with van der Waals surface area (Å²) in [5, 5.41) is 10.2. The van der Waals surface area contributed by atoms with E-state index in [0.29, 0.717) is 36.2 Å². The van der Waals surface area contributed by atoms with Crippen molar-refractivity contribution in [2.24, 2.45) is 5.10 Å². The van der Waals surface area contributed by atoms with Crippen LogP contribution in [0.4, 0.5) is 5.82 Å². The molecule has 0 saturated carbocycles. The number of rotatable bonds is 8. The monoisotopic (exact) mass is 393 g/mol. The van der Waals surface area contributed by atoms with E-state index in [1.54, 1.807) is 13.1 Å². The number of aromatic amines is 1. The lowest BCUT2D eigenvalue weighted by molar-refractivity contribution is 0.269. The molecule has 0 atom stereocenters. The average Bonchev–Trinajstić information content (AvgIpc) is 2.71. The number of anilines is 1. The van der Waals surface area contributed by atoms with Gasteiger partial charge in [0.05, 0.1) is 12.8 Å². The third kappa shape index (κ3) is 5.41. The van der Waals surface area contributed by atoms with Gasteiger partial charge >= 0.3 is 5.69 Å². The van der Waals surface area contributed by atoms with Crippen LogP contribution in [0, 0.1) is 13.8 Å². The van der Waals surface area contributed by atoms with Crippen LogP contribution in [0.1, 0.15) is 29.3 Å². The number of nitrogens with one attached hydrogen (secondary N) is 2. The summed E-state index contributed by atoms with van der Waals surface area (Å²) < 4.78 is 11.7. The van der Waals surface area contributed by atoms with Gasteiger partial charge in [-0.2, -0.15) is 15.2 Å². The second-order valence-corrected chi connectivity index (χ2v) is 6.30. The van der Waals surface area contributed by atoms with Crippen LogP contribution < -0.4 is 20.6 Å². The van der Waals surface area contributed by atoms with Crippen LogP contribution in [-0.2, 0) is 6.61 Å². The second kappa shape index (κ2) is 9.50. The fraction of sp³-hybridized carbons (Fsp3) is 0.238. The van der Waals surface area contributed by atoms with Gasteiger partial charge in [-0.1, -0.05) is 24.3 Å². The number of hydrogen-bond donors (Lipinski definition) is 2. The van der Waals surface area contributed by atoms with Gasteiger partial charge in [0.1, 0.15) is 12.3 Å². The first-order valence-corrected chi connectivity index (χ1v) is 9.23. The van der Waals surface area contributed by atoms with Crippen molar-refractivity contribution in [1.82, 2.24) is 15.2 Å². The van der Waals surface area contributed by atoms with E-state index >= 15 is 0 Å². The highest BCUT2D eigenvalue weighted by Gasteiger charge is 2.08. The normalized spacial score (nSPS) is 10.9. The molecule has 0 aliphatic carbocycles. The van der Waals surface area contributed by atoms with Crippen LogP contribution in [0.15, 0.2) is 52.4 Å². The van der Waals surface area contributed by atoms with Crippen molar-refractivity contribution in [3.05, 3.63) is 75.3 Å². The first-order valence-electron chi connectivity index (χ1n) is 9.23. The molecule has 0 fully saturated rings. The van der Waals surface area contributed by atoms with Crippen molar-refractivity contribution in [3.63, 3.8) is 0 Å². The Morgan fingerprint density at radius 3 is 2.76 bits per heavy atom. The van der Waals surface area contributed by atoms with Gasteiger partial charge in [-0.05, 0) is 55.7 Å². The predicted octanol–water partition coefficient (Wildman–Crippen LogP) is 3.21. The summed E-state index contributed by atoms with van der Waals surface area (Å²) in [6.45, 7) is 6.67. The quantitative estimate of drug-likeness (QED) is 0.450. The summed E-state index contributed by atoms with van der Waals surface area (Å²) in [6.07, 6.45) is 1.61. The summed E-state index contributed by atoms with van der Waals surface area (Å²) in [7, 11) is 0. The van der Waals surface area contributed by atoms with E-state index in [1.807, 2.05) is 43.3 Å². The molecule has 8 nitrogen and oxygen atoms in total. The molecule has 2 aromatic carbocycles. The van der Waals surface area contributed by atoms with E-state index in [1.165, 1.54) is 5.56 Å². The number of hydrogen-bond acceptors (Lipinski definition) is 7. The summed E-state index contributed by atoms with van der Waals surface area (Å²) >= 11 is 0. The van der Waals surface area contributed by atoms with Crippen LogP contribution in [-0.4, -0.2) is 28.0 Å². The summed E-state index contributed by atoms with van der Waals surface area (Å²) in [5.74, 6) is 1.60. The van der Waals surface area contributed by atoms with Gasteiger partial charge in [0.25, 0.3) is 0 Å². The molecule has 150 valence electrons. The summed E-state index contributed by atoms with van der Waals surface area (Å²) in [5.41, 5.74) is 5.83. The van der Waals surface area contributed by atoms with Gasteiger partial charge in [0, 0.05) is 0 Å². The molecule has 0 aliphatic heterocycles. The summed E-state index contributed by atoms with van der Waals surface area (Å²) in [4.78, 5) is 15.0. The first-order chi connectivity index (χ1) is 14.1. The number of hydrazone groups is 1. The van der Waals surface area contributed by atoms with Crippen molar-refractivity contribution in [3.8, 4) is 11.5 Å². The first kappa shape index (κ1) is 20.1. The van der Waals surface area contributed by atoms with Crippen molar-refractivity contribution >= 4 is 12.0 Å². The molecule has 3 rings (SSSR count). The lowest BCUT2D eigenvalue weighted by Gasteiger charge is -2.13. The second-order valence-electron chi connectivity index (χ2n) is 6.30. The van der Waals surface area contributed by atoms with Gasteiger partial charge < -0.3 is 9.47 Å². The number of aryl methyl sites for hydroxylation is 2. The highest BCUT2D eigenvalue weighted by molar-refractivity contribution is 5.81. The Hall–Kier alpha value is -3.68. The number of H-pyrrole nitrogens is 1. The van der Waals surface area contributed by atoms with E-state index in [-0.39, 0.29) is 0 Å². The lowest BCUT2D eigenvalue weighted by atomic mass is 10.1. The maximum atomic E-state index is 11.3. The van der Waals surface area contributed by atoms with Crippen molar-refractivity contribution in [2.45, 2.75) is 27.4 Å². The van der Waals surface area contributed by atoms with Gasteiger partial charge in [-0.15, -0.1) is 0 Å². The van der Waals surface area contributed by atoms with Gasteiger partial charge in [-0.3, -0.25) is 5.43 Å². The molecule has 0 amide bonds. The Balaban J connectivity index is 1.72. The van der Waals surface area contributed by atoms with E-state index in [0.717, 1.165) is 11.1 Å².